The maximum absolute atomic E-state index is 13.4. The Labute approximate surface area is 191 Å². The summed E-state index contributed by atoms with van der Waals surface area (Å²) in [5.41, 5.74) is 1.57. The highest BCUT2D eigenvalue weighted by Gasteiger charge is 2.27. The van der Waals surface area contributed by atoms with Crippen LogP contribution in [0.3, 0.4) is 0 Å². The van der Waals surface area contributed by atoms with Gasteiger partial charge in [-0.2, -0.15) is 4.98 Å². The summed E-state index contributed by atoms with van der Waals surface area (Å²) in [7, 11) is -0.886. The van der Waals surface area contributed by atoms with Gasteiger partial charge in [-0.1, -0.05) is 0 Å². The topological polar surface area (TPSA) is 122 Å². The van der Waals surface area contributed by atoms with Gasteiger partial charge in [0.25, 0.3) is 0 Å². The van der Waals surface area contributed by atoms with E-state index in [-0.39, 0.29) is 36.7 Å². The average Bonchev–Trinajstić information content (AvgIpc) is 3.13. The smallest absolute Gasteiger partial charge is 0.305 e. The van der Waals surface area contributed by atoms with Crippen molar-refractivity contribution < 1.29 is 31.9 Å². The molecule has 9 nitrogen and oxygen atoms in total. The van der Waals surface area contributed by atoms with Crippen molar-refractivity contribution >= 4 is 32.9 Å². The van der Waals surface area contributed by atoms with E-state index in [1.807, 2.05) is 0 Å². The molecule has 178 valence electrons. The first-order valence-corrected chi connectivity index (χ1v) is 12.0. The minimum atomic E-state index is -3.72. The molecule has 0 spiro atoms. The SMILES string of the molecule is CNC(O)c1c(-c2ccc(F)cc2)oc2nc(N(CCCC(=O)OC)S(C)(=O)=O)c(C)cc12. The molecule has 33 heavy (non-hydrogen) atoms. The number of aliphatic hydroxyl groups is 1. The number of fused-ring (bicyclic) bond motifs is 1. The summed E-state index contributed by atoms with van der Waals surface area (Å²) in [6.07, 6.45) is 0.238. The number of rotatable bonds is 9. The molecular formula is C22H26FN3O6S. The van der Waals surface area contributed by atoms with Crippen LogP contribution >= 0.6 is 0 Å². The number of esters is 1. The number of pyridine rings is 1. The van der Waals surface area contributed by atoms with Crippen molar-refractivity contribution in [2.24, 2.45) is 0 Å². The van der Waals surface area contributed by atoms with E-state index >= 15 is 0 Å². The van der Waals surface area contributed by atoms with Gasteiger partial charge in [0, 0.05) is 23.9 Å². The van der Waals surface area contributed by atoms with Gasteiger partial charge in [-0.25, -0.2) is 12.8 Å². The van der Waals surface area contributed by atoms with E-state index in [4.69, 9.17) is 4.42 Å². The van der Waals surface area contributed by atoms with Crippen molar-refractivity contribution in [2.45, 2.75) is 26.0 Å². The van der Waals surface area contributed by atoms with Gasteiger partial charge in [0.1, 0.15) is 23.6 Å². The minimum Gasteiger partial charge on any atom is -0.469 e. The van der Waals surface area contributed by atoms with Crippen molar-refractivity contribution in [3.05, 3.63) is 47.3 Å². The summed E-state index contributed by atoms with van der Waals surface area (Å²) in [5.74, 6) is -0.422. The molecule has 1 aromatic carbocycles. The third-order valence-corrected chi connectivity index (χ3v) is 6.30. The molecule has 1 unspecified atom stereocenters. The van der Waals surface area contributed by atoms with E-state index in [1.165, 1.54) is 31.4 Å². The molecule has 0 saturated carbocycles. The molecule has 0 aliphatic rings. The first-order valence-electron chi connectivity index (χ1n) is 10.2. The molecule has 3 aromatic rings. The monoisotopic (exact) mass is 479 g/mol. The number of aliphatic hydroxyl groups excluding tert-OH is 1. The molecule has 3 rings (SSSR count). The molecule has 0 bridgehead atoms. The van der Waals surface area contributed by atoms with Crippen LogP contribution in [-0.4, -0.2) is 51.4 Å². The van der Waals surface area contributed by atoms with E-state index in [9.17, 15) is 22.7 Å². The van der Waals surface area contributed by atoms with Crippen LogP contribution in [0.25, 0.3) is 22.4 Å². The number of anilines is 1. The lowest BCUT2D eigenvalue weighted by Gasteiger charge is -2.22. The van der Waals surface area contributed by atoms with Crippen LogP contribution in [0.15, 0.2) is 34.7 Å². The number of methoxy groups -OCH3 is 1. The number of hydrogen-bond acceptors (Lipinski definition) is 8. The molecule has 0 aliphatic heterocycles. The van der Waals surface area contributed by atoms with Gasteiger partial charge in [0.2, 0.25) is 15.7 Å². The number of nitrogens with zero attached hydrogens (tertiary/aromatic N) is 2. The van der Waals surface area contributed by atoms with E-state index in [0.29, 0.717) is 22.1 Å². The number of aromatic nitrogens is 1. The third-order valence-electron chi connectivity index (χ3n) is 5.14. The Hall–Kier alpha value is -3.02. The first kappa shape index (κ1) is 24.6. The van der Waals surface area contributed by atoms with E-state index < -0.39 is 28.0 Å². The number of nitrogens with one attached hydrogen (secondary N) is 1. The van der Waals surface area contributed by atoms with Crippen molar-refractivity contribution in [2.75, 3.05) is 31.3 Å². The highest BCUT2D eigenvalue weighted by Crippen LogP contribution is 2.38. The van der Waals surface area contributed by atoms with Crippen LogP contribution in [-0.2, 0) is 19.6 Å². The van der Waals surface area contributed by atoms with E-state index in [0.717, 1.165) is 10.6 Å². The standard InChI is InChI=1S/C22H26FN3O6S/c1-13-12-16-18(21(28)24-2)19(14-7-9-15(23)10-8-14)32-22(16)25-20(13)26(33(4,29)30)11-5-6-17(27)31-3/h7-10,12,21,24,28H,5-6,11H2,1-4H3. The Kier molecular flexibility index (Phi) is 7.35. The minimum absolute atomic E-state index is 0.0187. The highest BCUT2D eigenvalue weighted by molar-refractivity contribution is 7.92. The predicted molar refractivity (Wildman–Crippen MR) is 122 cm³/mol. The average molecular weight is 480 g/mol. The zero-order valence-corrected chi connectivity index (χ0v) is 19.6. The zero-order chi connectivity index (χ0) is 24.3. The molecule has 1 atom stereocenters. The lowest BCUT2D eigenvalue weighted by molar-refractivity contribution is -0.140. The van der Waals surface area contributed by atoms with E-state index in [2.05, 4.69) is 15.0 Å². The Morgan fingerprint density at radius 3 is 2.58 bits per heavy atom. The second-order valence-corrected chi connectivity index (χ2v) is 9.45. The maximum atomic E-state index is 13.4. The fraction of sp³-hybridized carbons (Fsp3) is 0.364. The summed E-state index contributed by atoms with van der Waals surface area (Å²) in [6.45, 7) is 1.71. The number of sulfonamides is 1. The fourth-order valence-electron chi connectivity index (χ4n) is 3.51. The number of ether oxygens (including phenoxy) is 1. The van der Waals surface area contributed by atoms with Gasteiger partial charge >= 0.3 is 5.97 Å². The van der Waals surface area contributed by atoms with Crippen LogP contribution in [0.2, 0.25) is 0 Å². The second-order valence-electron chi connectivity index (χ2n) is 7.54. The van der Waals surface area contributed by atoms with Gasteiger partial charge in [-0.3, -0.25) is 14.4 Å². The van der Waals surface area contributed by atoms with Gasteiger partial charge in [-0.15, -0.1) is 0 Å². The largest absolute Gasteiger partial charge is 0.469 e. The van der Waals surface area contributed by atoms with Crippen LogP contribution in [0, 0.1) is 12.7 Å². The van der Waals surface area contributed by atoms with Gasteiger partial charge in [0.15, 0.2) is 0 Å². The Morgan fingerprint density at radius 2 is 2.00 bits per heavy atom. The normalized spacial score (nSPS) is 12.7. The number of benzene rings is 1. The molecule has 0 saturated heterocycles. The predicted octanol–water partition coefficient (Wildman–Crippen LogP) is 2.87. The number of carbonyl (C=O) groups is 1. The number of furan rings is 1. The van der Waals surface area contributed by atoms with Gasteiger partial charge in [0.05, 0.1) is 18.9 Å². The second kappa shape index (κ2) is 9.86. The quantitative estimate of drug-likeness (QED) is 0.355. The van der Waals surface area contributed by atoms with Crippen molar-refractivity contribution in [1.82, 2.24) is 10.3 Å². The van der Waals surface area contributed by atoms with Crippen molar-refractivity contribution in [1.29, 1.82) is 0 Å². The fourth-order valence-corrected chi connectivity index (χ4v) is 4.47. The Bertz CT molecular complexity index is 1260. The molecule has 11 heteroatoms. The number of halogens is 1. The molecule has 0 aliphatic carbocycles. The molecule has 0 fully saturated rings. The first-order chi connectivity index (χ1) is 15.6. The molecule has 0 radical (unpaired) electrons. The van der Waals surface area contributed by atoms with Crippen molar-refractivity contribution in [3.8, 4) is 11.3 Å². The van der Waals surface area contributed by atoms with Gasteiger partial charge in [-0.05, 0) is 56.3 Å². The number of hydrogen-bond donors (Lipinski definition) is 2. The molecule has 2 aromatic heterocycles. The maximum Gasteiger partial charge on any atom is 0.305 e. The third kappa shape index (κ3) is 5.32. The lowest BCUT2D eigenvalue weighted by Crippen LogP contribution is -2.32. The summed E-state index contributed by atoms with van der Waals surface area (Å²) in [5, 5.41) is 13.8. The van der Waals surface area contributed by atoms with E-state index in [1.54, 1.807) is 20.0 Å². The summed E-state index contributed by atoms with van der Waals surface area (Å²) in [6, 6.07) is 7.26. The lowest BCUT2D eigenvalue weighted by atomic mass is 10.0. The highest BCUT2D eigenvalue weighted by atomic mass is 32.2. The molecular weight excluding hydrogens is 453 g/mol. The number of aryl methyl sites for hydroxylation is 1. The summed E-state index contributed by atoms with van der Waals surface area (Å²) < 4.78 is 50.1. The van der Waals surface area contributed by atoms with Crippen LogP contribution in [0.5, 0.6) is 0 Å². The summed E-state index contributed by atoms with van der Waals surface area (Å²) >= 11 is 0. The molecule has 2 N–H and O–H groups in total. The Morgan fingerprint density at radius 1 is 1.33 bits per heavy atom. The van der Waals surface area contributed by atoms with Crippen LogP contribution in [0.1, 0.15) is 30.2 Å². The molecule has 2 heterocycles. The van der Waals surface area contributed by atoms with Gasteiger partial charge < -0.3 is 14.3 Å². The number of carbonyl (C=O) groups excluding carboxylic acids is 1. The van der Waals surface area contributed by atoms with Crippen LogP contribution in [0.4, 0.5) is 10.2 Å². The van der Waals surface area contributed by atoms with Crippen molar-refractivity contribution in [3.63, 3.8) is 0 Å². The summed E-state index contributed by atoms with van der Waals surface area (Å²) in [4.78, 5) is 15.9. The zero-order valence-electron chi connectivity index (χ0n) is 18.8. The van der Waals surface area contributed by atoms with Crippen LogP contribution < -0.4 is 9.62 Å². The molecule has 0 amide bonds. The Balaban J connectivity index is 2.13.